The van der Waals surface area contributed by atoms with Gasteiger partial charge in [-0.05, 0) is 24.1 Å². The molecule has 0 heterocycles. The van der Waals surface area contributed by atoms with E-state index < -0.39 is 17.2 Å². The molecule has 2 nitrogen and oxygen atoms in total. The molecule has 0 saturated heterocycles. The average molecular weight is 286 g/mol. The van der Waals surface area contributed by atoms with Gasteiger partial charge in [-0.15, -0.1) is 11.6 Å². The largest absolute Gasteiger partial charge is 0.468 e. The van der Waals surface area contributed by atoms with Gasteiger partial charge < -0.3 is 4.74 Å². The lowest BCUT2D eigenvalue weighted by Gasteiger charge is -2.08. The quantitative estimate of drug-likeness (QED) is 0.483. The minimum atomic E-state index is -0.845. The van der Waals surface area contributed by atoms with E-state index in [9.17, 15) is 9.18 Å². The molecule has 1 aromatic rings. The van der Waals surface area contributed by atoms with Gasteiger partial charge in [0.2, 0.25) is 0 Å². The average Bonchev–Trinajstić information content (AvgIpc) is 2.24. The van der Waals surface area contributed by atoms with E-state index in [0.29, 0.717) is 5.56 Å². The van der Waals surface area contributed by atoms with Crippen molar-refractivity contribution in [3.05, 3.63) is 33.6 Å². The number of hydrogen-bond donors (Lipinski definition) is 0. The lowest BCUT2D eigenvalue weighted by atomic mass is 10.1. The highest BCUT2D eigenvalue weighted by Crippen LogP contribution is 2.25. The van der Waals surface area contributed by atoms with Crippen molar-refractivity contribution >= 4 is 40.8 Å². The second-order valence-electron chi connectivity index (χ2n) is 3.07. The number of hydrogen-bond acceptors (Lipinski definition) is 2. The van der Waals surface area contributed by atoms with Gasteiger partial charge in [0.05, 0.1) is 17.2 Å². The Labute approximate surface area is 107 Å². The Kier molecular flexibility index (Phi) is 4.84. The summed E-state index contributed by atoms with van der Waals surface area (Å²) in [5.41, 5.74) is 0.571. The molecule has 88 valence electrons. The molecular formula is C10H8Cl3FO2. The van der Waals surface area contributed by atoms with Crippen LogP contribution in [0.5, 0.6) is 0 Å². The van der Waals surface area contributed by atoms with Crippen molar-refractivity contribution in [1.82, 2.24) is 0 Å². The number of alkyl halides is 1. The number of halogens is 4. The number of benzene rings is 1. The van der Waals surface area contributed by atoms with Crippen molar-refractivity contribution in [2.75, 3.05) is 7.11 Å². The fourth-order valence-corrected chi connectivity index (χ4v) is 1.94. The Hall–Kier alpha value is -0.510. The summed E-state index contributed by atoms with van der Waals surface area (Å²) in [6.07, 6.45) is 0.175. The molecule has 0 N–H and O–H groups in total. The van der Waals surface area contributed by atoms with Gasteiger partial charge >= 0.3 is 5.97 Å². The molecule has 0 aliphatic rings. The highest BCUT2D eigenvalue weighted by molar-refractivity contribution is 6.35. The third kappa shape index (κ3) is 3.24. The van der Waals surface area contributed by atoms with E-state index in [1.807, 2.05) is 0 Å². The van der Waals surface area contributed by atoms with Crippen LogP contribution in [0.3, 0.4) is 0 Å². The minimum Gasteiger partial charge on any atom is -0.468 e. The Bertz CT molecular complexity index is 386. The molecule has 1 unspecified atom stereocenters. The smallest absolute Gasteiger partial charge is 0.324 e. The first kappa shape index (κ1) is 13.6. The summed E-state index contributed by atoms with van der Waals surface area (Å²) in [5.74, 6) is -1.24. The number of ether oxygens (including phenoxy) is 1. The normalized spacial score (nSPS) is 12.3. The van der Waals surface area contributed by atoms with Gasteiger partial charge in [-0.2, -0.15) is 0 Å². The fourth-order valence-electron chi connectivity index (χ4n) is 1.14. The van der Waals surface area contributed by atoms with E-state index in [-0.39, 0.29) is 16.5 Å². The van der Waals surface area contributed by atoms with E-state index >= 15 is 0 Å². The van der Waals surface area contributed by atoms with Crippen LogP contribution in [0.4, 0.5) is 4.39 Å². The van der Waals surface area contributed by atoms with E-state index in [0.717, 1.165) is 0 Å². The molecule has 0 spiro atoms. The van der Waals surface area contributed by atoms with Crippen molar-refractivity contribution in [1.29, 1.82) is 0 Å². The molecule has 0 aliphatic heterocycles. The first-order valence-electron chi connectivity index (χ1n) is 4.31. The van der Waals surface area contributed by atoms with Crippen LogP contribution in [0.2, 0.25) is 10.0 Å². The topological polar surface area (TPSA) is 26.3 Å². The lowest BCUT2D eigenvalue weighted by Crippen LogP contribution is -2.18. The van der Waals surface area contributed by atoms with E-state index in [4.69, 9.17) is 34.8 Å². The molecule has 0 fully saturated rings. The van der Waals surface area contributed by atoms with Crippen LogP contribution in [0.15, 0.2) is 12.1 Å². The van der Waals surface area contributed by atoms with Gasteiger partial charge in [0.25, 0.3) is 0 Å². The van der Waals surface area contributed by atoms with Gasteiger partial charge in [-0.3, -0.25) is 4.79 Å². The predicted octanol–water partition coefficient (Wildman–Crippen LogP) is 3.46. The Morgan fingerprint density at radius 3 is 2.38 bits per heavy atom. The van der Waals surface area contributed by atoms with Crippen LogP contribution in [0, 0.1) is 5.82 Å². The summed E-state index contributed by atoms with van der Waals surface area (Å²) in [5, 5.41) is -1.05. The summed E-state index contributed by atoms with van der Waals surface area (Å²) in [6.45, 7) is 0. The Balaban J connectivity index is 2.86. The molecule has 1 atom stereocenters. The van der Waals surface area contributed by atoms with Crippen LogP contribution in [0.1, 0.15) is 5.56 Å². The maximum Gasteiger partial charge on any atom is 0.324 e. The first-order valence-corrected chi connectivity index (χ1v) is 5.50. The van der Waals surface area contributed by atoms with Crippen LogP contribution < -0.4 is 0 Å². The zero-order valence-corrected chi connectivity index (χ0v) is 10.5. The third-order valence-corrected chi connectivity index (χ3v) is 2.80. The van der Waals surface area contributed by atoms with Crippen molar-refractivity contribution in [3.8, 4) is 0 Å². The van der Waals surface area contributed by atoms with Crippen molar-refractivity contribution < 1.29 is 13.9 Å². The fraction of sp³-hybridized carbons (Fsp3) is 0.300. The molecule has 0 saturated carbocycles. The predicted molar refractivity (Wildman–Crippen MR) is 61.8 cm³/mol. The molecule has 0 radical (unpaired) electrons. The molecular weight excluding hydrogens is 277 g/mol. The molecule has 16 heavy (non-hydrogen) atoms. The maximum absolute atomic E-state index is 13.1. The first-order chi connectivity index (χ1) is 7.45. The van der Waals surface area contributed by atoms with Gasteiger partial charge in [0.15, 0.2) is 5.82 Å². The summed E-state index contributed by atoms with van der Waals surface area (Å²) < 4.78 is 17.5. The summed E-state index contributed by atoms with van der Waals surface area (Å²) >= 11 is 17.0. The molecule has 1 rings (SSSR count). The molecule has 0 amide bonds. The monoisotopic (exact) mass is 284 g/mol. The summed E-state index contributed by atoms with van der Waals surface area (Å²) in [7, 11) is 1.24. The SMILES string of the molecule is COC(=O)C(Cl)Cc1cc(Cl)c(F)c(Cl)c1. The van der Waals surface area contributed by atoms with Gasteiger partial charge in [0, 0.05) is 0 Å². The molecule has 1 aromatic carbocycles. The lowest BCUT2D eigenvalue weighted by molar-refractivity contribution is -0.140. The van der Waals surface area contributed by atoms with E-state index in [1.54, 1.807) is 0 Å². The summed E-state index contributed by atoms with van der Waals surface area (Å²) in [4.78, 5) is 11.1. The molecule has 6 heteroatoms. The van der Waals surface area contributed by atoms with Crippen LogP contribution in [-0.2, 0) is 16.0 Å². The van der Waals surface area contributed by atoms with Crippen molar-refractivity contribution in [3.63, 3.8) is 0 Å². The zero-order chi connectivity index (χ0) is 12.3. The zero-order valence-electron chi connectivity index (χ0n) is 8.27. The van der Waals surface area contributed by atoms with Crippen molar-refractivity contribution in [2.45, 2.75) is 11.8 Å². The van der Waals surface area contributed by atoms with Gasteiger partial charge in [-0.25, -0.2) is 4.39 Å². The number of carbonyl (C=O) groups is 1. The van der Waals surface area contributed by atoms with E-state index in [1.165, 1.54) is 19.2 Å². The van der Waals surface area contributed by atoms with Crippen LogP contribution in [0.25, 0.3) is 0 Å². The number of rotatable bonds is 3. The van der Waals surface area contributed by atoms with Gasteiger partial charge in [0.1, 0.15) is 5.38 Å². The maximum atomic E-state index is 13.1. The highest BCUT2D eigenvalue weighted by Gasteiger charge is 2.17. The Morgan fingerprint density at radius 1 is 1.44 bits per heavy atom. The number of methoxy groups -OCH3 is 1. The van der Waals surface area contributed by atoms with Crippen LogP contribution in [-0.4, -0.2) is 18.5 Å². The van der Waals surface area contributed by atoms with Gasteiger partial charge in [-0.1, -0.05) is 23.2 Å². The molecule has 0 aromatic heterocycles. The number of esters is 1. The summed E-state index contributed by atoms with van der Waals surface area (Å²) in [6, 6.07) is 2.75. The second-order valence-corrected chi connectivity index (χ2v) is 4.41. The second kappa shape index (κ2) is 5.71. The number of carbonyl (C=O) groups excluding carboxylic acids is 1. The van der Waals surface area contributed by atoms with E-state index in [2.05, 4.69) is 4.74 Å². The van der Waals surface area contributed by atoms with Crippen molar-refractivity contribution in [2.24, 2.45) is 0 Å². The Morgan fingerprint density at radius 2 is 1.94 bits per heavy atom. The van der Waals surface area contributed by atoms with Crippen LogP contribution >= 0.6 is 34.8 Å². The third-order valence-electron chi connectivity index (χ3n) is 1.92. The standard InChI is InChI=1S/C10H8Cl3FO2/c1-16-10(15)8(13)4-5-2-6(11)9(14)7(12)3-5/h2-3,8H,4H2,1H3. The molecule has 0 bridgehead atoms. The minimum absolute atomic E-state index is 0.101. The molecule has 0 aliphatic carbocycles. The highest BCUT2D eigenvalue weighted by atomic mass is 35.5.